The highest BCUT2D eigenvalue weighted by molar-refractivity contribution is 7.98. The number of benzene rings is 2. The topological polar surface area (TPSA) is 72.1 Å². The molecule has 4 rings (SSSR count). The maximum Gasteiger partial charge on any atom is 0.255 e. The van der Waals surface area contributed by atoms with Gasteiger partial charge in [0.15, 0.2) is 5.82 Å². The Kier molecular flexibility index (Phi) is 5.40. The Morgan fingerprint density at radius 1 is 1.14 bits per heavy atom. The third kappa shape index (κ3) is 4.07. The Morgan fingerprint density at radius 3 is 2.71 bits per heavy atom. The second kappa shape index (κ2) is 8.12. The zero-order valence-corrected chi connectivity index (χ0v) is 17.1. The van der Waals surface area contributed by atoms with Crippen LogP contribution < -0.4 is 0 Å². The molecule has 2 aromatic heterocycles. The van der Waals surface area contributed by atoms with Gasteiger partial charge in [0, 0.05) is 18.9 Å². The van der Waals surface area contributed by atoms with Crippen LogP contribution in [0.4, 0.5) is 0 Å². The molecule has 8 heteroatoms. The van der Waals surface area contributed by atoms with Gasteiger partial charge in [-0.15, -0.1) is 23.1 Å². The third-order valence-electron chi connectivity index (χ3n) is 4.10. The van der Waals surface area contributed by atoms with Gasteiger partial charge in [-0.1, -0.05) is 29.4 Å². The first-order valence-corrected chi connectivity index (χ1v) is 10.5. The minimum absolute atomic E-state index is 0.0355. The van der Waals surface area contributed by atoms with Gasteiger partial charge in [0.2, 0.25) is 5.89 Å². The van der Waals surface area contributed by atoms with E-state index in [0.29, 0.717) is 29.6 Å². The molecule has 0 bridgehead atoms. The number of thioether (sulfide) groups is 1. The van der Waals surface area contributed by atoms with Gasteiger partial charge in [0.1, 0.15) is 5.01 Å². The molecule has 6 nitrogen and oxygen atoms in total. The van der Waals surface area contributed by atoms with Crippen molar-refractivity contribution in [3.05, 3.63) is 70.8 Å². The number of carbonyl (C=O) groups excluding carboxylic acids is 1. The van der Waals surface area contributed by atoms with E-state index in [9.17, 15) is 4.79 Å². The van der Waals surface area contributed by atoms with E-state index in [0.717, 1.165) is 20.1 Å². The van der Waals surface area contributed by atoms with Crippen LogP contribution in [0, 0.1) is 6.92 Å². The summed E-state index contributed by atoms with van der Waals surface area (Å²) in [4.78, 5) is 24.5. The largest absolute Gasteiger partial charge is 0.340 e. The van der Waals surface area contributed by atoms with Crippen LogP contribution in [-0.2, 0) is 12.3 Å². The third-order valence-corrected chi connectivity index (χ3v) is 6.19. The van der Waals surface area contributed by atoms with Crippen LogP contribution in [0.1, 0.15) is 27.1 Å². The smallest absolute Gasteiger partial charge is 0.255 e. The predicted molar refractivity (Wildman–Crippen MR) is 110 cm³/mol. The van der Waals surface area contributed by atoms with Gasteiger partial charge in [0.05, 0.1) is 28.1 Å². The molecular weight excluding hydrogens is 392 g/mol. The van der Waals surface area contributed by atoms with Gasteiger partial charge < -0.3 is 9.42 Å². The molecule has 0 unspecified atom stereocenters. The van der Waals surface area contributed by atoms with Crippen molar-refractivity contribution in [2.75, 3.05) is 7.05 Å². The number of hydrogen-bond donors (Lipinski definition) is 0. The highest BCUT2D eigenvalue weighted by Gasteiger charge is 2.18. The van der Waals surface area contributed by atoms with Crippen LogP contribution in [0.15, 0.2) is 57.9 Å². The molecule has 0 N–H and O–H groups in total. The van der Waals surface area contributed by atoms with E-state index in [1.807, 2.05) is 48.5 Å². The zero-order chi connectivity index (χ0) is 19.5. The van der Waals surface area contributed by atoms with Crippen LogP contribution in [0.2, 0.25) is 0 Å². The second-order valence-electron chi connectivity index (χ2n) is 6.25. The molecule has 28 heavy (non-hydrogen) atoms. The van der Waals surface area contributed by atoms with Crippen molar-refractivity contribution in [1.82, 2.24) is 20.0 Å². The number of rotatable bonds is 6. The highest BCUT2D eigenvalue weighted by atomic mass is 32.2. The molecule has 2 heterocycles. The number of thiazole rings is 1. The Morgan fingerprint density at radius 2 is 1.93 bits per heavy atom. The second-order valence-corrected chi connectivity index (χ2v) is 8.38. The fourth-order valence-corrected chi connectivity index (χ4v) is 4.69. The Labute approximate surface area is 170 Å². The van der Waals surface area contributed by atoms with Crippen molar-refractivity contribution in [3.8, 4) is 0 Å². The number of carbonyl (C=O) groups is 1. The summed E-state index contributed by atoms with van der Waals surface area (Å²) in [5.74, 6) is 1.67. The number of hydrogen-bond acceptors (Lipinski definition) is 7. The summed E-state index contributed by atoms with van der Waals surface area (Å²) in [6.45, 7) is 2.23. The molecule has 4 aromatic rings. The monoisotopic (exact) mass is 410 g/mol. The summed E-state index contributed by atoms with van der Waals surface area (Å²) in [7, 11) is 1.80. The van der Waals surface area contributed by atoms with Gasteiger partial charge in [-0.05, 0) is 24.3 Å². The molecule has 0 atom stereocenters. The van der Waals surface area contributed by atoms with E-state index in [4.69, 9.17) is 4.52 Å². The summed E-state index contributed by atoms with van der Waals surface area (Å²) in [5.41, 5.74) is 1.63. The molecule has 0 saturated carbocycles. The van der Waals surface area contributed by atoms with Gasteiger partial charge in [-0.3, -0.25) is 4.79 Å². The van der Waals surface area contributed by atoms with Crippen molar-refractivity contribution in [3.63, 3.8) is 0 Å². The fourth-order valence-electron chi connectivity index (χ4n) is 2.78. The average Bonchev–Trinajstić information content (AvgIpc) is 3.31. The van der Waals surface area contributed by atoms with Gasteiger partial charge in [-0.25, -0.2) is 4.98 Å². The first kappa shape index (κ1) is 18.6. The SMILES string of the molecule is Cc1nc(CSc2ccccc2C(=O)N(C)Cc2nc3ccccc3s2)no1. The molecular formula is C20H18N4O2S2. The van der Waals surface area contributed by atoms with E-state index >= 15 is 0 Å². The number of aromatic nitrogens is 3. The van der Waals surface area contributed by atoms with Crippen LogP contribution in [0.5, 0.6) is 0 Å². The number of aryl methyl sites for hydroxylation is 1. The summed E-state index contributed by atoms with van der Waals surface area (Å²) in [5, 5.41) is 4.83. The van der Waals surface area contributed by atoms with E-state index in [1.165, 1.54) is 11.8 Å². The zero-order valence-electron chi connectivity index (χ0n) is 15.5. The van der Waals surface area contributed by atoms with Gasteiger partial charge in [0.25, 0.3) is 5.91 Å². The molecule has 2 aromatic carbocycles. The molecule has 0 fully saturated rings. The summed E-state index contributed by atoms with van der Waals surface area (Å²) >= 11 is 3.14. The summed E-state index contributed by atoms with van der Waals surface area (Å²) in [6, 6.07) is 15.6. The highest BCUT2D eigenvalue weighted by Crippen LogP contribution is 2.27. The quantitative estimate of drug-likeness (QED) is 0.434. The van der Waals surface area contributed by atoms with Crippen LogP contribution in [-0.4, -0.2) is 33.0 Å². The standard InChI is InChI=1S/C20H18N4O2S2/c1-13-21-18(23-26-13)12-27-16-9-5-3-7-14(16)20(25)24(2)11-19-22-15-8-4-6-10-17(15)28-19/h3-10H,11-12H2,1-2H3. The normalized spacial score (nSPS) is 11.1. The fraction of sp³-hybridized carbons (Fsp3) is 0.200. The maximum absolute atomic E-state index is 13.0. The van der Waals surface area contributed by atoms with Crippen LogP contribution >= 0.6 is 23.1 Å². The Hall–Kier alpha value is -2.71. The van der Waals surface area contributed by atoms with E-state index in [-0.39, 0.29) is 5.91 Å². The molecule has 0 aliphatic heterocycles. The Balaban J connectivity index is 1.48. The average molecular weight is 411 g/mol. The number of nitrogens with zero attached hydrogens (tertiary/aromatic N) is 4. The lowest BCUT2D eigenvalue weighted by Crippen LogP contribution is -2.26. The minimum Gasteiger partial charge on any atom is -0.340 e. The van der Waals surface area contributed by atoms with Crippen molar-refractivity contribution >= 4 is 39.2 Å². The van der Waals surface area contributed by atoms with Crippen LogP contribution in [0.25, 0.3) is 10.2 Å². The minimum atomic E-state index is -0.0355. The molecule has 142 valence electrons. The van der Waals surface area contributed by atoms with E-state index < -0.39 is 0 Å². The predicted octanol–water partition coefficient (Wildman–Crippen LogP) is 4.55. The van der Waals surface area contributed by atoms with Gasteiger partial charge >= 0.3 is 0 Å². The molecule has 1 amide bonds. The van der Waals surface area contributed by atoms with Gasteiger partial charge in [-0.2, -0.15) is 4.98 Å². The van der Waals surface area contributed by atoms with Crippen molar-refractivity contribution in [1.29, 1.82) is 0 Å². The van der Waals surface area contributed by atoms with E-state index in [2.05, 4.69) is 15.1 Å². The lowest BCUT2D eigenvalue weighted by Gasteiger charge is -2.17. The molecule has 0 radical (unpaired) electrons. The van der Waals surface area contributed by atoms with Crippen LogP contribution in [0.3, 0.4) is 0 Å². The van der Waals surface area contributed by atoms with Crippen molar-refractivity contribution in [2.24, 2.45) is 0 Å². The first-order chi connectivity index (χ1) is 13.6. The molecule has 0 spiro atoms. The first-order valence-electron chi connectivity index (χ1n) is 8.71. The van der Waals surface area contributed by atoms with Crippen molar-refractivity contribution in [2.45, 2.75) is 24.1 Å². The maximum atomic E-state index is 13.0. The summed E-state index contributed by atoms with van der Waals surface area (Å²) in [6.07, 6.45) is 0. The molecule has 0 aliphatic carbocycles. The molecule has 0 saturated heterocycles. The Bertz CT molecular complexity index is 1090. The van der Waals surface area contributed by atoms with Crippen molar-refractivity contribution < 1.29 is 9.32 Å². The lowest BCUT2D eigenvalue weighted by atomic mass is 10.2. The number of fused-ring (bicyclic) bond motifs is 1. The number of para-hydroxylation sites is 1. The van der Waals surface area contributed by atoms with E-state index in [1.54, 1.807) is 30.2 Å². The lowest BCUT2D eigenvalue weighted by molar-refractivity contribution is 0.0781. The summed E-state index contributed by atoms with van der Waals surface area (Å²) < 4.78 is 6.13. The molecule has 0 aliphatic rings. The number of amides is 1.